The molecule has 120 valence electrons. The first kappa shape index (κ1) is 14.4. The van der Waals surface area contributed by atoms with Gasteiger partial charge in [-0.15, -0.1) is 0 Å². The molecule has 1 fully saturated rings. The van der Waals surface area contributed by atoms with E-state index in [4.69, 9.17) is 0 Å². The van der Waals surface area contributed by atoms with Gasteiger partial charge in [-0.25, -0.2) is 13.4 Å². The van der Waals surface area contributed by atoms with Crippen molar-refractivity contribution in [2.24, 2.45) is 0 Å². The third kappa shape index (κ3) is 2.25. The number of hydrogen-bond donors (Lipinski definition) is 1. The van der Waals surface area contributed by atoms with Crippen LogP contribution in [0.4, 0.5) is 0 Å². The monoisotopic (exact) mass is 332 g/mol. The molecule has 0 saturated heterocycles. The SMILES string of the molecule is CN1Cc2c(C(=O)NC3CC3)ncn2-c2ccccc2S1(=O)=O. The molecule has 7 nitrogen and oxygen atoms in total. The van der Waals surface area contributed by atoms with Crippen LogP contribution in [0.25, 0.3) is 5.69 Å². The van der Waals surface area contributed by atoms with Gasteiger partial charge in [-0.2, -0.15) is 4.31 Å². The molecular formula is C15H16N4O3S. The number of para-hydroxylation sites is 1. The smallest absolute Gasteiger partial charge is 0.272 e. The normalized spacial score (nSPS) is 19.5. The molecule has 1 aliphatic carbocycles. The van der Waals surface area contributed by atoms with E-state index in [1.54, 1.807) is 28.8 Å². The average Bonchev–Trinajstić information content (AvgIpc) is 3.25. The highest BCUT2D eigenvalue weighted by atomic mass is 32.2. The Morgan fingerprint density at radius 2 is 2.04 bits per heavy atom. The first-order valence-electron chi connectivity index (χ1n) is 7.41. The molecule has 0 radical (unpaired) electrons. The molecule has 8 heteroatoms. The van der Waals surface area contributed by atoms with E-state index in [9.17, 15) is 13.2 Å². The Morgan fingerprint density at radius 3 is 2.78 bits per heavy atom. The number of benzene rings is 1. The van der Waals surface area contributed by atoms with E-state index in [0.29, 0.717) is 11.4 Å². The van der Waals surface area contributed by atoms with Gasteiger partial charge < -0.3 is 5.32 Å². The average molecular weight is 332 g/mol. The highest BCUT2D eigenvalue weighted by Crippen LogP contribution is 2.30. The standard InChI is InChI=1S/C15H16N4O3S/c1-18-8-12-14(15(20)17-10-6-7-10)16-9-19(12)11-4-2-3-5-13(11)23(18,21)22/h2-5,9-10H,6-8H2,1H3,(H,17,20). The summed E-state index contributed by atoms with van der Waals surface area (Å²) in [7, 11) is -2.08. The van der Waals surface area contributed by atoms with Crippen LogP contribution in [0.5, 0.6) is 0 Å². The van der Waals surface area contributed by atoms with E-state index >= 15 is 0 Å². The lowest BCUT2D eigenvalue weighted by Gasteiger charge is -2.14. The molecule has 2 aliphatic rings. The summed E-state index contributed by atoms with van der Waals surface area (Å²) in [5.74, 6) is -0.244. The topological polar surface area (TPSA) is 84.3 Å². The minimum atomic E-state index is -3.59. The number of hydrogen-bond acceptors (Lipinski definition) is 4. The fourth-order valence-corrected chi connectivity index (χ4v) is 4.05. The molecule has 1 aromatic carbocycles. The van der Waals surface area contributed by atoms with Crippen LogP contribution in [0, 0.1) is 0 Å². The fourth-order valence-electron chi connectivity index (χ4n) is 2.74. The zero-order valence-electron chi connectivity index (χ0n) is 12.6. The van der Waals surface area contributed by atoms with Crippen molar-refractivity contribution in [2.75, 3.05) is 7.05 Å². The van der Waals surface area contributed by atoms with Crippen LogP contribution in [-0.2, 0) is 16.6 Å². The Bertz CT molecular complexity index is 899. The fraction of sp³-hybridized carbons (Fsp3) is 0.333. The van der Waals surface area contributed by atoms with Crippen molar-refractivity contribution in [3.05, 3.63) is 42.0 Å². The summed E-state index contributed by atoms with van der Waals surface area (Å²) >= 11 is 0. The van der Waals surface area contributed by atoms with Crippen molar-refractivity contribution >= 4 is 15.9 Å². The maximum Gasteiger partial charge on any atom is 0.272 e. The summed E-state index contributed by atoms with van der Waals surface area (Å²) in [6.07, 6.45) is 3.49. The molecule has 0 bridgehead atoms. The molecule has 23 heavy (non-hydrogen) atoms. The van der Waals surface area contributed by atoms with Crippen LogP contribution in [-0.4, -0.2) is 41.3 Å². The number of sulfonamides is 1. The van der Waals surface area contributed by atoms with Crippen LogP contribution >= 0.6 is 0 Å². The molecule has 2 heterocycles. The molecule has 4 rings (SSSR count). The predicted molar refractivity (Wildman–Crippen MR) is 82.7 cm³/mol. The number of rotatable bonds is 2. The minimum absolute atomic E-state index is 0.102. The molecule has 2 aromatic rings. The second kappa shape index (κ2) is 4.90. The van der Waals surface area contributed by atoms with Crippen molar-refractivity contribution in [3.63, 3.8) is 0 Å². The van der Waals surface area contributed by atoms with Gasteiger partial charge in [0.25, 0.3) is 5.91 Å². The number of carbonyl (C=O) groups excluding carboxylic acids is 1. The number of amides is 1. The summed E-state index contributed by atoms with van der Waals surface area (Å²) in [5.41, 5.74) is 1.39. The highest BCUT2D eigenvalue weighted by Gasteiger charge is 2.33. The van der Waals surface area contributed by atoms with Crippen molar-refractivity contribution in [1.29, 1.82) is 0 Å². The first-order chi connectivity index (χ1) is 11.0. The third-order valence-corrected chi connectivity index (χ3v) is 6.03. The lowest BCUT2D eigenvalue weighted by molar-refractivity contribution is 0.0945. The molecule has 1 aromatic heterocycles. The second-order valence-corrected chi connectivity index (χ2v) is 7.90. The third-order valence-electron chi connectivity index (χ3n) is 4.18. The zero-order chi connectivity index (χ0) is 16.2. The van der Waals surface area contributed by atoms with E-state index in [1.807, 2.05) is 0 Å². The summed E-state index contributed by atoms with van der Waals surface area (Å²) in [4.78, 5) is 16.8. The Balaban J connectivity index is 1.88. The quantitative estimate of drug-likeness (QED) is 0.885. The van der Waals surface area contributed by atoms with Gasteiger partial charge in [0.05, 0.1) is 17.9 Å². The van der Waals surface area contributed by atoms with Gasteiger partial charge >= 0.3 is 0 Å². The van der Waals surface area contributed by atoms with Gasteiger partial charge in [-0.1, -0.05) is 12.1 Å². The number of carbonyl (C=O) groups is 1. The Hall–Kier alpha value is -2.19. The number of nitrogens with zero attached hydrogens (tertiary/aromatic N) is 3. The second-order valence-electron chi connectivity index (χ2n) is 5.89. The van der Waals surface area contributed by atoms with E-state index in [1.165, 1.54) is 17.7 Å². The first-order valence-corrected chi connectivity index (χ1v) is 8.85. The Labute approximate surface area is 134 Å². The van der Waals surface area contributed by atoms with E-state index < -0.39 is 10.0 Å². The van der Waals surface area contributed by atoms with E-state index in [2.05, 4.69) is 10.3 Å². The molecule has 0 atom stereocenters. The van der Waals surface area contributed by atoms with Gasteiger partial charge in [-0.3, -0.25) is 9.36 Å². The number of fused-ring (bicyclic) bond motifs is 3. The largest absolute Gasteiger partial charge is 0.348 e. The van der Waals surface area contributed by atoms with Crippen LogP contribution in [0.1, 0.15) is 29.0 Å². The molecule has 0 spiro atoms. The molecule has 1 N–H and O–H groups in total. The number of imidazole rings is 1. The van der Waals surface area contributed by atoms with Crippen LogP contribution in [0.15, 0.2) is 35.5 Å². The summed E-state index contributed by atoms with van der Waals surface area (Å²) in [6.45, 7) is 0.102. The Kier molecular flexibility index (Phi) is 3.07. The molecular weight excluding hydrogens is 316 g/mol. The lowest BCUT2D eigenvalue weighted by atomic mass is 10.2. The van der Waals surface area contributed by atoms with Gasteiger partial charge in [0.15, 0.2) is 5.69 Å². The predicted octanol–water partition coefficient (Wildman–Crippen LogP) is 0.899. The van der Waals surface area contributed by atoms with Crippen molar-refractivity contribution in [2.45, 2.75) is 30.3 Å². The van der Waals surface area contributed by atoms with Gasteiger partial charge in [-0.05, 0) is 25.0 Å². The molecule has 1 saturated carbocycles. The summed E-state index contributed by atoms with van der Waals surface area (Å²) < 4.78 is 28.2. The maximum absolute atomic E-state index is 12.7. The van der Waals surface area contributed by atoms with Crippen molar-refractivity contribution in [1.82, 2.24) is 19.2 Å². The van der Waals surface area contributed by atoms with Gasteiger partial charge in [0.1, 0.15) is 11.2 Å². The molecule has 0 unspecified atom stereocenters. The highest BCUT2D eigenvalue weighted by molar-refractivity contribution is 7.89. The lowest BCUT2D eigenvalue weighted by Crippen LogP contribution is -2.29. The van der Waals surface area contributed by atoms with Crippen molar-refractivity contribution < 1.29 is 13.2 Å². The minimum Gasteiger partial charge on any atom is -0.348 e. The zero-order valence-corrected chi connectivity index (χ0v) is 13.4. The number of nitrogens with one attached hydrogen (secondary N) is 1. The van der Waals surface area contributed by atoms with Crippen LogP contribution < -0.4 is 5.32 Å². The van der Waals surface area contributed by atoms with Gasteiger partial charge in [0.2, 0.25) is 10.0 Å². The molecule has 1 amide bonds. The summed E-state index contributed by atoms with van der Waals surface area (Å²) in [6, 6.07) is 6.97. The molecule has 1 aliphatic heterocycles. The maximum atomic E-state index is 12.7. The summed E-state index contributed by atoms with van der Waals surface area (Å²) in [5, 5.41) is 2.90. The number of aromatic nitrogens is 2. The van der Waals surface area contributed by atoms with Crippen LogP contribution in [0.2, 0.25) is 0 Å². The van der Waals surface area contributed by atoms with Crippen molar-refractivity contribution in [3.8, 4) is 5.69 Å². The van der Waals surface area contributed by atoms with Gasteiger partial charge in [0, 0.05) is 13.1 Å². The van der Waals surface area contributed by atoms with E-state index in [0.717, 1.165) is 12.8 Å². The van der Waals surface area contributed by atoms with Crippen LogP contribution in [0.3, 0.4) is 0 Å². The Morgan fingerprint density at radius 1 is 1.30 bits per heavy atom. The van der Waals surface area contributed by atoms with E-state index in [-0.39, 0.29) is 29.1 Å².